The van der Waals surface area contributed by atoms with Crippen LogP contribution in [0.15, 0.2) is 71.7 Å². The van der Waals surface area contributed by atoms with Crippen LogP contribution in [0.3, 0.4) is 0 Å². The van der Waals surface area contributed by atoms with E-state index in [0.717, 1.165) is 24.0 Å². The quantitative estimate of drug-likeness (QED) is 0.376. The lowest BCUT2D eigenvalue weighted by atomic mass is 9.91. The Hall–Kier alpha value is -4.37. The fourth-order valence-corrected chi connectivity index (χ4v) is 6.13. The number of fused-ring (bicyclic) bond motifs is 1. The summed E-state index contributed by atoms with van der Waals surface area (Å²) in [5, 5.41) is 7.42. The first-order valence-corrected chi connectivity index (χ1v) is 14.2. The Morgan fingerprint density at radius 3 is 2.44 bits per heavy atom. The zero-order valence-electron chi connectivity index (χ0n) is 23.4. The lowest BCUT2D eigenvalue weighted by Crippen LogP contribution is -2.49. The number of hydrogen-bond acceptors (Lipinski definition) is 7. The minimum absolute atomic E-state index is 0.0409. The maximum absolute atomic E-state index is 14.2. The van der Waals surface area contributed by atoms with Gasteiger partial charge in [-0.2, -0.15) is 4.98 Å². The number of nitrogens with zero attached hydrogens (tertiary/aromatic N) is 4. The summed E-state index contributed by atoms with van der Waals surface area (Å²) in [7, 11) is 0. The van der Waals surface area contributed by atoms with Gasteiger partial charge in [-0.15, -0.1) is 0 Å². The number of anilines is 1. The number of aryl methyl sites for hydroxylation is 1. The van der Waals surface area contributed by atoms with Gasteiger partial charge in [-0.1, -0.05) is 42.5 Å². The minimum Gasteiger partial charge on any atom is -0.351 e. The summed E-state index contributed by atoms with van der Waals surface area (Å²) >= 11 is 0. The number of carbonyl (C=O) groups excluding carboxylic acids is 2. The second-order valence-electron chi connectivity index (χ2n) is 11.1. The molecular formula is C32H34N6O3. The smallest absolute Gasteiger partial charge is 0.261 e. The van der Waals surface area contributed by atoms with Crippen molar-refractivity contribution in [3.63, 3.8) is 0 Å². The molecule has 210 valence electrons. The van der Waals surface area contributed by atoms with Crippen LogP contribution < -0.4 is 16.2 Å². The number of likely N-dealkylation sites (tertiary alicyclic amines) is 1. The number of nitrogens with one attached hydrogen (secondary N) is 2. The average Bonchev–Trinajstić information content (AvgIpc) is 3.49. The molecule has 0 radical (unpaired) electrons. The first-order chi connectivity index (χ1) is 19.9. The van der Waals surface area contributed by atoms with E-state index in [2.05, 4.69) is 15.6 Å². The van der Waals surface area contributed by atoms with E-state index in [9.17, 15) is 14.4 Å². The van der Waals surface area contributed by atoms with Gasteiger partial charge in [-0.3, -0.25) is 19.0 Å². The molecule has 4 heterocycles. The van der Waals surface area contributed by atoms with Crippen LogP contribution in [0.5, 0.6) is 0 Å². The van der Waals surface area contributed by atoms with E-state index in [1.807, 2.05) is 72.5 Å². The zero-order valence-corrected chi connectivity index (χ0v) is 23.4. The Morgan fingerprint density at radius 2 is 1.76 bits per heavy atom. The number of amides is 1. The van der Waals surface area contributed by atoms with Crippen LogP contribution in [-0.4, -0.2) is 63.3 Å². The molecule has 1 amide bonds. The number of ketones is 1. The Labute approximate surface area is 238 Å². The van der Waals surface area contributed by atoms with Gasteiger partial charge >= 0.3 is 0 Å². The number of carbonyl (C=O) groups is 2. The molecule has 6 rings (SSSR count). The van der Waals surface area contributed by atoms with Crippen LogP contribution in [0, 0.1) is 6.92 Å². The highest BCUT2D eigenvalue weighted by Gasteiger charge is 2.43. The highest BCUT2D eigenvalue weighted by atomic mass is 16.2. The molecule has 2 aliphatic rings. The van der Waals surface area contributed by atoms with E-state index in [1.54, 1.807) is 17.7 Å². The van der Waals surface area contributed by atoms with Gasteiger partial charge in [0.25, 0.3) is 11.5 Å². The lowest BCUT2D eigenvalue weighted by molar-refractivity contribution is -0.124. The molecule has 0 unspecified atom stereocenters. The van der Waals surface area contributed by atoms with Gasteiger partial charge in [0, 0.05) is 48.4 Å². The second kappa shape index (κ2) is 10.9. The normalized spacial score (nSPS) is 19.4. The Kier molecular flexibility index (Phi) is 7.13. The summed E-state index contributed by atoms with van der Waals surface area (Å²) in [4.78, 5) is 51.6. The molecule has 9 nitrogen and oxygen atoms in total. The average molecular weight is 551 g/mol. The van der Waals surface area contributed by atoms with E-state index < -0.39 is 5.54 Å². The summed E-state index contributed by atoms with van der Waals surface area (Å²) in [6.45, 7) is 5.79. The molecular weight excluding hydrogens is 516 g/mol. The van der Waals surface area contributed by atoms with Crippen LogP contribution in [0.25, 0.3) is 22.2 Å². The van der Waals surface area contributed by atoms with Gasteiger partial charge in [0.1, 0.15) is 11.2 Å². The molecule has 2 aliphatic heterocycles. The van der Waals surface area contributed by atoms with Gasteiger partial charge in [-0.05, 0) is 69.0 Å². The number of Topliss-reactive ketones (excluding diaryl/α,β-unsaturated/α-hetero) is 1. The third-order valence-corrected chi connectivity index (χ3v) is 8.53. The standard InChI is InChI=1S/C32H34N6O3/c1-21-8-6-7-11-26(21)27-18-24-19-34-31(36-28(24)38(30(27)41)32(22(2)39)14-15-33-20-32)35-25-12-16-37(17-13-25)29(40)23-9-4-3-5-10-23/h3-11,18-19,25,33H,12-17,20H2,1-2H3,(H,34,35,36)/t32-/m0/s1. The van der Waals surface area contributed by atoms with E-state index in [-0.39, 0.29) is 23.3 Å². The van der Waals surface area contributed by atoms with Crippen molar-refractivity contribution in [1.82, 2.24) is 24.8 Å². The highest BCUT2D eigenvalue weighted by Crippen LogP contribution is 2.31. The molecule has 9 heteroatoms. The molecule has 0 spiro atoms. The highest BCUT2D eigenvalue weighted by molar-refractivity contribution is 5.94. The second-order valence-corrected chi connectivity index (χ2v) is 11.1. The largest absolute Gasteiger partial charge is 0.351 e. The lowest BCUT2D eigenvalue weighted by Gasteiger charge is -2.33. The van der Waals surface area contributed by atoms with Crippen molar-refractivity contribution in [1.29, 1.82) is 0 Å². The molecule has 0 bridgehead atoms. The van der Waals surface area contributed by atoms with E-state index in [0.29, 0.717) is 60.7 Å². The van der Waals surface area contributed by atoms with Gasteiger partial charge in [0.05, 0.1) is 0 Å². The third-order valence-electron chi connectivity index (χ3n) is 8.53. The number of hydrogen-bond donors (Lipinski definition) is 2. The number of benzene rings is 2. The van der Waals surface area contributed by atoms with Crippen molar-refractivity contribution in [3.8, 4) is 11.1 Å². The van der Waals surface area contributed by atoms with Gasteiger partial charge < -0.3 is 15.5 Å². The summed E-state index contributed by atoms with van der Waals surface area (Å²) in [6, 6.07) is 19.0. The predicted molar refractivity (Wildman–Crippen MR) is 159 cm³/mol. The number of rotatable bonds is 6. The predicted octanol–water partition coefficient (Wildman–Crippen LogP) is 3.76. The molecule has 0 saturated carbocycles. The summed E-state index contributed by atoms with van der Waals surface area (Å²) in [5.74, 6) is 0.377. The van der Waals surface area contributed by atoms with E-state index >= 15 is 0 Å². The summed E-state index contributed by atoms with van der Waals surface area (Å²) in [6.07, 6.45) is 3.74. The Balaban J connectivity index is 1.34. The fraction of sp³-hybridized carbons (Fsp3) is 0.344. The monoisotopic (exact) mass is 550 g/mol. The molecule has 2 aromatic heterocycles. The molecule has 2 saturated heterocycles. The molecule has 4 aromatic rings. The first kappa shape index (κ1) is 26.8. The molecule has 41 heavy (non-hydrogen) atoms. The van der Waals surface area contributed by atoms with Gasteiger partial charge in [0.15, 0.2) is 5.78 Å². The SMILES string of the molecule is CC(=O)[C@]1(n2c(=O)c(-c3ccccc3C)cc3cnc(NC4CCN(C(=O)c5ccccc5)CC4)nc32)CCNC1. The van der Waals surface area contributed by atoms with Crippen LogP contribution in [-0.2, 0) is 10.3 Å². The van der Waals surface area contributed by atoms with E-state index in [1.165, 1.54) is 0 Å². The summed E-state index contributed by atoms with van der Waals surface area (Å²) in [5.41, 5.74) is 2.22. The third kappa shape index (κ3) is 4.91. The molecule has 2 fully saturated rings. The van der Waals surface area contributed by atoms with Crippen molar-refractivity contribution in [2.45, 2.75) is 44.7 Å². The minimum atomic E-state index is -1.03. The molecule has 1 atom stereocenters. The number of piperidine rings is 1. The van der Waals surface area contributed by atoms with Crippen molar-refractivity contribution in [2.75, 3.05) is 31.5 Å². The van der Waals surface area contributed by atoms with Crippen molar-refractivity contribution in [2.24, 2.45) is 0 Å². The maximum atomic E-state index is 14.2. The van der Waals surface area contributed by atoms with E-state index in [4.69, 9.17) is 4.98 Å². The van der Waals surface area contributed by atoms with Crippen LogP contribution in [0.2, 0.25) is 0 Å². The van der Waals surface area contributed by atoms with Crippen LogP contribution in [0.4, 0.5) is 5.95 Å². The van der Waals surface area contributed by atoms with Crippen LogP contribution >= 0.6 is 0 Å². The van der Waals surface area contributed by atoms with Gasteiger partial charge in [-0.25, -0.2) is 4.98 Å². The van der Waals surface area contributed by atoms with Crippen molar-refractivity contribution >= 4 is 28.7 Å². The molecule has 2 aromatic carbocycles. The number of aromatic nitrogens is 3. The Bertz CT molecular complexity index is 1670. The number of pyridine rings is 1. The summed E-state index contributed by atoms with van der Waals surface area (Å²) < 4.78 is 1.61. The van der Waals surface area contributed by atoms with Crippen LogP contribution in [0.1, 0.15) is 42.1 Å². The molecule has 2 N–H and O–H groups in total. The fourth-order valence-electron chi connectivity index (χ4n) is 6.13. The van der Waals surface area contributed by atoms with Crippen molar-refractivity contribution in [3.05, 3.63) is 88.3 Å². The topological polar surface area (TPSA) is 109 Å². The Morgan fingerprint density at radius 1 is 1.02 bits per heavy atom. The first-order valence-electron chi connectivity index (χ1n) is 14.2. The van der Waals surface area contributed by atoms with Crippen molar-refractivity contribution < 1.29 is 9.59 Å². The molecule has 0 aliphatic carbocycles. The van der Waals surface area contributed by atoms with Gasteiger partial charge in [0.2, 0.25) is 5.95 Å². The zero-order chi connectivity index (χ0) is 28.6. The maximum Gasteiger partial charge on any atom is 0.261 e.